The molecule has 1 fully saturated rings. The molecule has 1 unspecified atom stereocenters. The number of hydrogen-bond donors (Lipinski definition) is 1. The second-order valence-electron chi connectivity index (χ2n) is 5.57. The summed E-state index contributed by atoms with van der Waals surface area (Å²) in [5.74, 6) is 0.656. The summed E-state index contributed by atoms with van der Waals surface area (Å²) in [6.45, 7) is 2.01. The van der Waals surface area contributed by atoms with Crippen molar-refractivity contribution in [2.75, 3.05) is 7.05 Å². The Morgan fingerprint density at radius 3 is 2.61 bits per heavy atom. The summed E-state index contributed by atoms with van der Waals surface area (Å²) in [6.07, 6.45) is 7.82. The van der Waals surface area contributed by atoms with Gasteiger partial charge >= 0.3 is 0 Å². The molecular formula is C16H24FN. The van der Waals surface area contributed by atoms with E-state index in [0.717, 1.165) is 17.9 Å². The molecule has 0 saturated heterocycles. The first-order valence-electron chi connectivity index (χ1n) is 7.13. The van der Waals surface area contributed by atoms with Gasteiger partial charge in [-0.15, -0.1) is 0 Å². The molecule has 0 aromatic heterocycles. The topological polar surface area (TPSA) is 12.0 Å². The smallest absolute Gasteiger partial charge is 0.123 e. The average Bonchev–Trinajstić information content (AvgIpc) is 2.39. The fraction of sp³-hybridized carbons (Fsp3) is 0.625. The Labute approximate surface area is 110 Å². The third kappa shape index (κ3) is 3.32. The molecule has 0 spiro atoms. The van der Waals surface area contributed by atoms with Gasteiger partial charge in [-0.25, -0.2) is 4.39 Å². The van der Waals surface area contributed by atoms with Crippen LogP contribution in [-0.4, -0.2) is 13.1 Å². The van der Waals surface area contributed by atoms with Crippen molar-refractivity contribution in [2.24, 2.45) is 5.92 Å². The van der Waals surface area contributed by atoms with E-state index in [4.69, 9.17) is 0 Å². The molecule has 1 aliphatic carbocycles. The number of halogens is 1. The van der Waals surface area contributed by atoms with E-state index in [0.29, 0.717) is 6.04 Å². The molecule has 1 aromatic rings. The highest BCUT2D eigenvalue weighted by Crippen LogP contribution is 2.28. The van der Waals surface area contributed by atoms with E-state index in [-0.39, 0.29) is 5.82 Å². The lowest BCUT2D eigenvalue weighted by molar-refractivity contribution is 0.276. The summed E-state index contributed by atoms with van der Waals surface area (Å²) >= 11 is 0. The first kappa shape index (κ1) is 13.5. The van der Waals surface area contributed by atoms with Crippen LogP contribution < -0.4 is 5.32 Å². The zero-order valence-electron chi connectivity index (χ0n) is 11.5. The number of likely N-dealkylation sites (N-methyl/N-ethyl adjacent to an activating group) is 1. The Hall–Kier alpha value is -0.890. The van der Waals surface area contributed by atoms with Gasteiger partial charge in [-0.1, -0.05) is 25.3 Å². The fourth-order valence-corrected chi connectivity index (χ4v) is 3.17. The number of rotatable bonds is 4. The van der Waals surface area contributed by atoms with Crippen molar-refractivity contribution in [3.8, 4) is 0 Å². The van der Waals surface area contributed by atoms with E-state index in [1.165, 1.54) is 37.7 Å². The molecule has 0 aliphatic heterocycles. The van der Waals surface area contributed by atoms with Gasteiger partial charge in [0.1, 0.15) is 5.82 Å². The molecule has 0 bridgehead atoms. The Morgan fingerprint density at radius 2 is 2.00 bits per heavy atom. The Kier molecular flexibility index (Phi) is 4.76. The lowest BCUT2D eigenvalue weighted by atomic mass is 9.81. The highest BCUT2D eigenvalue weighted by Gasteiger charge is 2.22. The standard InChI is InChI=1S/C16H24FN/c1-12-10-15(17)9-8-14(12)11-16(18-2)13-6-4-3-5-7-13/h8-10,13,16,18H,3-7,11H2,1-2H3. The average molecular weight is 249 g/mol. The molecule has 18 heavy (non-hydrogen) atoms. The second-order valence-corrected chi connectivity index (χ2v) is 5.57. The van der Waals surface area contributed by atoms with Crippen LogP contribution in [0.1, 0.15) is 43.2 Å². The molecule has 1 atom stereocenters. The van der Waals surface area contributed by atoms with Crippen LogP contribution >= 0.6 is 0 Å². The van der Waals surface area contributed by atoms with E-state index in [9.17, 15) is 4.39 Å². The Balaban J connectivity index is 2.04. The molecule has 1 N–H and O–H groups in total. The highest BCUT2D eigenvalue weighted by molar-refractivity contribution is 5.27. The van der Waals surface area contributed by atoms with Crippen LogP contribution in [0.2, 0.25) is 0 Å². The van der Waals surface area contributed by atoms with Crippen LogP contribution in [0.25, 0.3) is 0 Å². The molecule has 1 saturated carbocycles. The number of benzene rings is 1. The van der Waals surface area contributed by atoms with Gasteiger partial charge in [0.2, 0.25) is 0 Å². The summed E-state index contributed by atoms with van der Waals surface area (Å²) in [6, 6.07) is 5.70. The van der Waals surface area contributed by atoms with Gasteiger partial charge in [-0.2, -0.15) is 0 Å². The molecule has 2 heteroatoms. The van der Waals surface area contributed by atoms with Crippen molar-refractivity contribution in [2.45, 2.75) is 51.5 Å². The maximum atomic E-state index is 13.1. The van der Waals surface area contributed by atoms with Gasteiger partial charge in [-0.3, -0.25) is 0 Å². The minimum atomic E-state index is -0.130. The number of hydrogen-bond acceptors (Lipinski definition) is 1. The van der Waals surface area contributed by atoms with Crippen molar-refractivity contribution < 1.29 is 4.39 Å². The predicted octanol–water partition coefficient (Wildman–Crippen LogP) is 3.84. The van der Waals surface area contributed by atoms with Crippen LogP contribution in [0.3, 0.4) is 0 Å². The van der Waals surface area contributed by atoms with Gasteiger partial charge in [0.15, 0.2) is 0 Å². The molecule has 0 amide bonds. The van der Waals surface area contributed by atoms with Crippen molar-refractivity contribution in [3.05, 3.63) is 35.1 Å². The van der Waals surface area contributed by atoms with Gasteiger partial charge in [0.05, 0.1) is 0 Å². The second kappa shape index (κ2) is 6.33. The lowest BCUT2D eigenvalue weighted by Gasteiger charge is -2.30. The number of nitrogens with one attached hydrogen (secondary N) is 1. The van der Waals surface area contributed by atoms with E-state index < -0.39 is 0 Å². The summed E-state index contributed by atoms with van der Waals surface area (Å²) in [5, 5.41) is 3.47. The third-order valence-electron chi connectivity index (χ3n) is 4.33. The van der Waals surface area contributed by atoms with Gasteiger partial charge in [0.25, 0.3) is 0 Å². The third-order valence-corrected chi connectivity index (χ3v) is 4.33. The predicted molar refractivity (Wildman–Crippen MR) is 74.3 cm³/mol. The maximum Gasteiger partial charge on any atom is 0.123 e. The first-order chi connectivity index (χ1) is 8.70. The van der Waals surface area contributed by atoms with Crippen LogP contribution in [0.4, 0.5) is 4.39 Å². The zero-order chi connectivity index (χ0) is 13.0. The van der Waals surface area contributed by atoms with Crippen molar-refractivity contribution in [3.63, 3.8) is 0 Å². The van der Waals surface area contributed by atoms with E-state index >= 15 is 0 Å². The molecule has 100 valence electrons. The van der Waals surface area contributed by atoms with Crippen LogP contribution in [0.5, 0.6) is 0 Å². The molecule has 1 nitrogen and oxygen atoms in total. The molecule has 0 radical (unpaired) electrons. The van der Waals surface area contributed by atoms with Crippen molar-refractivity contribution in [1.29, 1.82) is 0 Å². The van der Waals surface area contributed by atoms with E-state index in [1.807, 2.05) is 13.0 Å². The van der Waals surface area contributed by atoms with Gasteiger partial charge in [0, 0.05) is 6.04 Å². The molecule has 1 aromatic carbocycles. The monoisotopic (exact) mass is 249 g/mol. The van der Waals surface area contributed by atoms with Crippen molar-refractivity contribution >= 4 is 0 Å². The SMILES string of the molecule is CNC(Cc1ccc(F)cc1C)C1CCCCC1. The maximum absolute atomic E-state index is 13.1. The first-order valence-corrected chi connectivity index (χ1v) is 7.13. The fourth-order valence-electron chi connectivity index (χ4n) is 3.17. The minimum absolute atomic E-state index is 0.130. The highest BCUT2D eigenvalue weighted by atomic mass is 19.1. The Morgan fingerprint density at radius 1 is 1.28 bits per heavy atom. The van der Waals surface area contributed by atoms with Gasteiger partial charge < -0.3 is 5.32 Å². The molecule has 0 heterocycles. The lowest BCUT2D eigenvalue weighted by Crippen LogP contribution is -2.36. The normalized spacial score (nSPS) is 18.8. The van der Waals surface area contributed by atoms with Crippen LogP contribution in [0, 0.1) is 18.7 Å². The molecule has 1 aliphatic rings. The van der Waals surface area contributed by atoms with Crippen LogP contribution in [-0.2, 0) is 6.42 Å². The minimum Gasteiger partial charge on any atom is -0.316 e. The van der Waals surface area contributed by atoms with Gasteiger partial charge in [-0.05, 0) is 62.4 Å². The van der Waals surface area contributed by atoms with E-state index in [2.05, 4.69) is 12.4 Å². The zero-order valence-corrected chi connectivity index (χ0v) is 11.5. The largest absolute Gasteiger partial charge is 0.316 e. The van der Waals surface area contributed by atoms with Crippen LogP contribution in [0.15, 0.2) is 18.2 Å². The number of aryl methyl sites for hydroxylation is 1. The summed E-state index contributed by atoms with van der Waals surface area (Å²) in [7, 11) is 2.05. The molecule has 2 rings (SSSR count). The summed E-state index contributed by atoms with van der Waals surface area (Å²) in [4.78, 5) is 0. The Bertz CT molecular complexity index is 383. The molecular weight excluding hydrogens is 225 g/mol. The summed E-state index contributed by atoms with van der Waals surface area (Å²) < 4.78 is 13.1. The van der Waals surface area contributed by atoms with Crippen molar-refractivity contribution in [1.82, 2.24) is 5.32 Å². The van der Waals surface area contributed by atoms with E-state index in [1.54, 1.807) is 12.1 Å². The summed E-state index contributed by atoms with van der Waals surface area (Å²) in [5.41, 5.74) is 2.35. The quantitative estimate of drug-likeness (QED) is 0.854.